The summed E-state index contributed by atoms with van der Waals surface area (Å²) in [6, 6.07) is 15.7. The van der Waals surface area contributed by atoms with E-state index in [0.717, 1.165) is 37.8 Å². The number of ether oxygens (including phenoxy) is 1. The number of aryl methyl sites for hydroxylation is 1. The van der Waals surface area contributed by atoms with Gasteiger partial charge >= 0.3 is 0 Å². The first kappa shape index (κ1) is 19.2. The van der Waals surface area contributed by atoms with Crippen LogP contribution in [-0.2, 0) is 0 Å². The Morgan fingerprint density at radius 1 is 1.03 bits per heavy atom. The number of rotatable bonds is 6. The summed E-state index contributed by atoms with van der Waals surface area (Å²) in [5.74, 6) is 2.07. The van der Waals surface area contributed by atoms with Crippen LogP contribution in [0, 0.1) is 10.5 Å². The zero-order chi connectivity index (χ0) is 20.2. The first-order valence-corrected chi connectivity index (χ1v) is 10.0. The van der Waals surface area contributed by atoms with E-state index >= 15 is 0 Å². The Bertz CT molecular complexity index is 1110. The second-order valence-electron chi connectivity index (χ2n) is 6.32. The minimum atomic E-state index is 0.516. The van der Waals surface area contributed by atoms with Gasteiger partial charge in [0.1, 0.15) is 11.6 Å². The van der Waals surface area contributed by atoms with Gasteiger partial charge in [0.05, 0.1) is 16.4 Å². The van der Waals surface area contributed by atoms with Crippen molar-refractivity contribution < 1.29 is 4.74 Å². The first-order valence-electron chi connectivity index (χ1n) is 8.94. The summed E-state index contributed by atoms with van der Waals surface area (Å²) in [5.41, 5.74) is 3.73. The van der Waals surface area contributed by atoms with Crippen molar-refractivity contribution >= 4 is 45.7 Å². The fourth-order valence-corrected chi connectivity index (χ4v) is 3.31. The molecule has 146 valence electrons. The molecular formula is C21H19IN6O. The molecular weight excluding hydrogens is 479 g/mol. The topological polar surface area (TPSA) is 76.9 Å². The second-order valence-corrected chi connectivity index (χ2v) is 7.48. The van der Waals surface area contributed by atoms with E-state index in [9.17, 15) is 0 Å². The van der Waals surface area contributed by atoms with Crippen LogP contribution in [0.15, 0.2) is 67.1 Å². The number of nitrogens with one attached hydrogen (secondary N) is 2. The highest BCUT2D eigenvalue weighted by atomic mass is 127. The molecule has 0 saturated carbocycles. The Hall–Kier alpha value is -3.14. The number of nitrogens with zero attached hydrogens (tertiary/aromatic N) is 4. The van der Waals surface area contributed by atoms with Crippen LogP contribution in [0.5, 0.6) is 5.75 Å². The Kier molecular flexibility index (Phi) is 5.61. The number of aromatic nitrogens is 4. The van der Waals surface area contributed by atoms with Gasteiger partial charge in [-0.15, -0.1) is 0 Å². The molecule has 0 aliphatic heterocycles. The molecule has 4 rings (SSSR count). The van der Waals surface area contributed by atoms with E-state index in [-0.39, 0.29) is 0 Å². The highest BCUT2D eigenvalue weighted by Gasteiger charge is 2.07. The lowest BCUT2D eigenvalue weighted by molar-refractivity contribution is 0.412. The lowest BCUT2D eigenvalue weighted by Gasteiger charge is -2.12. The van der Waals surface area contributed by atoms with Crippen molar-refractivity contribution in [2.75, 3.05) is 17.7 Å². The Morgan fingerprint density at radius 2 is 1.83 bits per heavy atom. The molecule has 0 unspecified atom stereocenters. The van der Waals surface area contributed by atoms with Gasteiger partial charge in [0.15, 0.2) is 0 Å². The van der Waals surface area contributed by atoms with Gasteiger partial charge in [-0.1, -0.05) is 0 Å². The van der Waals surface area contributed by atoms with Crippen LogP contribution in [-0.4, -0.2) is 26.9 Å². The second kappa shape index (κ2) is 8.48. The van der Waals surface area contributed by atoms with Crippen molar-refractivity contribution in [1.82, 2.24) is 19.7 Å². The molecule has 4 aromatic rings. The lowest BCUT2D eigenvalue weighted by Crippen LogP contribution is -2.03. The highest BCUT2D eigenvalue weighted by molar-refractivity contribution is 14.1. The summed E-state index contributed by atoms with van der Waals surface area (Å²) >= 11 is 2.24. The van der Waals surface area contributed by atoms with Crippen molar-refractivity contribution in [2.24, 2.45) is 0 Å². The molecule has 2 aromatic carbocycles. The van der Waals surface area contributed by atoms with Crippen molar-refractivity contribution in [3.63, 3.8) is 0 Å². The quantitative estimate of drug-likeness (QED) is 0.362. The van der Waals surface area contributed by atoms with Crippen LogP contribution in [0.3, 0.4) is 0 Å². The largest absolute Gasteiger partial charge is 0.496 e. The van der Waals surface area contributed by atoms with Crippen LogP contribution in [0.4, 0.5) is 23.1 Å². The molecule has 2 aromatic heterocycles. The Labute approximate surface area is 182 Å². The zero-order valence-electron chi connectivity index (χ0n) is 15.9. The van der Waals surface area contributed by atoms with Crippen molar-refractivity contribution in [1.29, 1.82) is 0 Å². The standard InChI is InChI=1S/C21H19IN6O/c1-14-13-23-21(26-15-4-7-17(8-5-15)28-11-3-10-24-28)27-20(14)25-16-6-9-18(22)19(12-16)29-2/h3-13H,1-2H3,(H2,23,25,26,27). The molecule has 0 amide bonds. The summed E-state index contributed by atoms with van der Waals surface area (Å²) in [6.45, 7) is 1.97. The molecule has 0 atom stereocenters. The Balaban J connectivity index is 1.52. The summed E-state index contributed by atoms with van der Waals surface area (Å²) in [4.78, 5) is 9.01. The van der Waals surface area contributed by atoms with E-state index in [4.69, 9.17) is 4.74 Å². The van der Waals surface area contributed by atoms with Gasteiger partial charge in [-0.05, 0) is 72.0 Å². The van der Waals surface area contributed by atoms with Gasteiger partial charge in [0.2, 0.25) is 5.95 Å². The van der Waals surface area contributed by atoms with Crippen LogP contribution in [0.2, 0.25) is 0 Å². The Morgan fingerprint density at radius 3 is 2.55 bits per heavy atom. The van der Waals surface area contributed by atoms with E-state index in [2.05, 4.69) is 48.3 Å². The number of benzene rings is 2. The number of anilines is 4. The van der Waals surface area contributed by atoms with E-state index in [1.807, 2.05) is 66.3 Å². The summed E-state index contributed by atoms with van der Waals surface area (Å²) < 4.78 is 8.25. The molecule has 29 heavy (non-hydrogen) atoms. The van der Waals surface area contributed by atoms with Gasteiger partial charge in [-0.2, -0.15) is 10.1 Å². The number of methoxy groups -OCH3 is 1. The monoisotopic (exact) mass is 498 g/mol. The third kappa shape index (κ3) is 4.48. The molecule has 0 aliphatic rings. The average molecular weight is 498 g/mol. The maximum Gasteiger partial charge on any atom is 0.229 e. The molecule has 0 bridgehead atoms. The molecule has 0 fully saturated rings. The normalized spacial score (nSPS) is 10.6. The van der Waals surface area contributed by atoms with E-state index in [1.54, 1.807) is 19.5 Å². The minimum absolute atomic E-state index is 0.516. The predicted octanol–water partition coefficient (Wildman–Crippen LogP) is 5.07. The van der Waals surface area contributed by atoms with Gasteiger partial charge in [0.25, 0.3) is 0 Å². The van der Waals surface area contributed by atoms with Gasteiger partial charge in [-0.3, -0.25) is 0 Å². The van der Waals surface area contributed by atoms with E-state index in [1.165, 1.54) is 0 Å². The van der Waals surface area contributed by atoms with Crippen molar-refractivity contribution in [3.8, 4) is 11.4 Å². The third-order valence-electron chi connectivity index (χ3n) is 4.28. The zero-order valence-corrected chi connectivity index (χ0v) is 18.1. The maximum atomic E-state index is 5.39. The van der Waals surface area contributed by atoms with E-state index < -0.39 is 0 Å². The molecule has 0 aliphatic carbocycles. The van der Waals surface area contributed by atoms with Gasteiger partial charge in [-0.25, -0.2) is 9.67 Å². The molecule has 0 spiro atoms. The summed E-state index contributed by atoms with van der Waals surface area (Å²) in [5, 5.41) is 10.8. The number of halogens is 1. The average Bonchev–Trinajstić information content (AvgIpc) is 3.27. The summed E-state index contributed by atoms with van der Waals surface area (Å²) in [6.07, 6.45) is 5.45. The SMILES string of the molecule is COc1cc(Nc2nc(Nc3ccc(-n4cccn4)cc3)ncc2C)ccc1I. The van der Waals surface area contributed by atoms with Gasteiger partial charge in [0, 0.05) is 41.6 Å². The van der Waals surface area contributed by atoms with Crippen molar-refractivity contribution in [2.45, 2.75) is 6.92 Å². The molecule has 0 saturated heterocycles. The minimum Gasteiger partial charge on any atom is -0.496 e. The fourth-order valence-electron chi connectivity index (χ4n) is 2.75. The van der Waals surface area contributed by atoms with Gasteiger partial charge < -0.3 is 15.4 Å². The van der Waals surface area contributed by atoms with E-state index in [0.29, 0.717) is 5.95 Å². The van der Waals surface area contributed by atoms with Crippen LogP contribution >= 0.6 is 22.6 Å². The van der Waals surface area contributed by atoms with Crippen LogP contribution < -0.4 is 15.4 Å². The van der Waals surface area contributed by atoms with Crippen molar-refractivity contribution in [3.05, 3.63) is 76.3 Å². The maximum absolute atomic E-state index is 5.39. The smallest absolute Gasteiger partial charge is 0.229 e. The van der Waals surface area contributed by atoms with Crippen LogP contribution in [0.25, 0.3) is 5.69 Å². The third-order valence-corrected chi connectivity index (χ3v) is 5.17. The number of hydrogen-bond acceptors (Lipinski definition) is 6. The summed E-state index contributed by atoms with van der Waals surface area (Å²) in [7, 11) is 1.66. The number of hydrogen-bond donors (Lipinski definition) is 2. The van der Waals surface area contributed by atoms with Crippen LogP contribution in [0.1, 0.15) is 5.56 Å². The highest BCUT2D eigenvalue weighted by Crippen LogP contribution is 2.27. The molecule has 0 radical (unpaired) electrons. The fraction of sp³-hybridized carbons (Fsp3) is 0.0952. The molecule has 7 nitrogen and oxygen atoms in total. The first-order chi connectivity index (χ1) is 14.1. The molecule has 8 heteroatoms. The lowest BCUT2D eigenvalue weighted by atomic mass is 10.2. The molecule has 2 heterocycles. The molecule has 2 N–H and O–H groups in total. The predicted molar refractivity (Wildman–Crippen MR) is 123 cm³/mol.